The number of carbonyl (C=O) groups excluding carboxylic acids is 1. The number of ether oxygens (including phenoxy) is 1. The molecule has 9 heteroatoms. The van der Waals surface area contributed by atoms with Gasteiger partial charge in [0.05, 0.1) is 11.5 Å². The summed E-state index contributed by atoms with van der Waals surface area (Å²) in [5.74, 6) is -0.914. The predicted molar refractivity (Wildman–Crippen MR) is 99.0 cm³/mol. The highest BCUT2D eigenvalue weighted by Gasteiger charge is 2.25. The van der Waals surface area contributed by atoms with Crippen molar-refractivity contribution >= 4 is 21.9 Å². The first-order valence-corrected chi connectivity index (χ1v) is 10.4. The Morgan fingerprint density at radius 1 is 1.37 bits per heavy atom. The standard InChI is InChI=1S/C18H26N2O6S/c1-26-11-9-19-27(24,25)16-6-2-5-15(12-16)18(23)20-10-3-4-14(13-20)7-8-17(21)22/h2,5-6,12,14,19H,3-4,7-11,13H2,1H3,(H,21,22). The molecule has 1 atom stereocenters. The summed E-state index contributed by atoms with van der Waals surface area (Å²) in [7, 11) is -2.23. The first-order chi connectivity index (χ1) is 12.8. The number of hydrogen-bond acceptors (Lipinski definition) is 5. The maximum atomic E-state index is 12.8. The zero-order valence-corrected chi connectivity index (χ0v) is 16.2. The number of carboxylic acid groups (broad SMARTS) is 1. The number of carboxylic acids is 1. The van der Waals surface area contributed by atoms with E-state index in [0.717, 1.165) is 12.8 Å². The van der Waals surface area contributed by atoms with E-state index >= 15 is 0 Å². The summed E-state index contributed by atoms with van der Waals surface area (Å²) in [5, 5.41) is 8.83. The molecule has 1 aromatic rings. The summed E-state index contributed by atoms with van der Waals surface area (Å²) in [5.41, 5.74) is 0.309. The number of carbonyl (C=O) groups is 2. The van der Waals surface area contributed by atoms with Crippen LogP contribution >= 0.6 is 0 Å². The molecule has 0 aromatic heterocycles. The molecule has 2 N–H and O–H groups in total. The van der Waals surface area contributed by atoms with Crippen LogP contribution in [0.3, 0.4) is 0 Å². The van der Waals surface area contributed by atoms with Crippen molar-refractivity contribution in [2.45, 2.75) is 30.6 Å². The molecule has 1 amide bonds. The van der Waals surface area contributed by atoms with E-state index in [1.165, 1.54) is 19.2 Å². The second kappa shape index (κ2) is 9.82. The summed E-state index contributed by atoms with van der Waals surface area (Å²) in [6.07, 6.45) is 2.34. The number of sulfonamides is 1. The molecule has 27 heavy (non-hydrogen) atoms. The van der Waals surface area contributed by atoms with Crippen molar-refractivity contribution in [1.29, 1.82) is 0 Å². The van der Waals surface area contributed by atoms with Gasteiger partial charge in [0.1, 0.15) is 0 Å². The van der Waals surface area contributed by atoms with Crippen molar-refractivity contribution in [1.82, 2.24) is 9.62 Å². The van der Waals surface area contributed by atoms with Gasteiger partial charge in [-0.15, -0.1) is 0 Å². The number of hydrogen-bond donors (Lipinski definition) is 2. The van der Waals surface area contributed by atoms with Gasteiger partial charge in [-0.2, -0.15) is 0 Å². The van der Waals surface area contributed by atoms with Crippen LogP contribution in [0.4, 0.5) is 0 Å². The number of benzene rings is 1. The third kappa shape index (κ3) is 6.30. The monoisotopic (exact) mass is 398 g/mol. The van der Waals surface area contributed by atoms with Crippen molar-refractivity contribution < 1.29 is 27.9 Å². The highest BCUT2D eigenvalue weighted by atomic mass is 32.2. The van der Waals surface area contributed by atoms with Gasteiger partial charge in [0.15, 0.2) is 0 Å². The lowest BCUT2D eigenvalue weighted by Gasteiger charge is -2.32. The van der Waals surface area contributed by atoms with Crippen LogP contribution < -0.4 is 4.72 Å². The fraction of sp³-hybridized carbons (Fsp3) is 0.556. The number of nitrogens with one attached hydrogen (secondary N) is 1. The highest BCUT2D eigenvalue weighted by Crippen LogP contribution is 2.23. The van der Waals surface area contributed by atoms with Crippen molar-refractivity contribution in [3.63, 3.8) is 0 Å². The molecule has 0 aliphatic carbocycles. The second-order valence-corrected chi connectivity index (χ2v) is 8.38. The Morgan fingerprint density at radius 2 is 2.15 bits per heavy atom. The first-order valence-electron chi connectivity index (χ1n) is 8.93. The molecule has 150 valence electrons. The van der Waals surface area contributed by atoms with Crippen LogP contribution in [0, 0.1) is 5.92 Å². The van der Waals surface area contributed by atoms with Gasteiger partial charge in [-0.1, -0.05) is 6.07 Å². The quantitative estimate of drug-likeness (QED) is 0.607. The smallest absolute Gasteiger partial charge is 0.303 e. The Hall–Kier alpha value is -1.97. The van der Waals surface area contributed by atoms with Gasteiger partial charge in [0.25, 0.3) is 5.91 Å². The molecule has 2 rings (SSSR count). The Bertz CT molecular complexity index is 765. The number of piperidine rings is 1. The van der Waals surface area contributed by atoms with Crippen molar-refractivity contribution in [2.24, 2.45) is 5.92 Å². The van der Waals surface area contributed by atoms with E-state index in [0.29, 0.717) is 25.1 Å². The zero-order chi connectivity index (χ0) is 19.9. The van der Waals surface area contributed by atoms with Crippen LogP contribution in [0.5, 0.6) is 0 Å². The maximum absolute atomic E-state index is 12.8. The third-order valence-electron chi connectivity index (χ3n) is 4.56. The van der Waals surface area contributed by atoms with E-state index in [4.69, 9.17) is 9.84 Å². The molecule has 8 nitrogen and oxygen atoms in total. The number of rotatable bonds is 9. The molecule has 1 saturated heterocycles. The minimum absolute atomic E-state index is 0.0314. The molecule has 0 saturated carbocycles. The van der Waals surface area contributed by atoms with E-state index in [1.807, 2.05) is 0 Å². The Labute approximate surface area is 159 Å². The van der Waals surface area contributed by atoms with E-state index in [2.05, 4.69) is 4.72 Å². The molecule has 1 aliphatic rings. The van der Waals surface area contributed by atoms with Crippen LogP contribution in [-0.4, -0.2) is 63.7 Å². The fourth-order valence-corrected chi connectivity index (χ4v) is 4.21. The minimum Gasteiger partial charge on any atom is -0.481 e. The summed E-state index contributed by atoms with van der Waals surface area (Å²) >= 11 is 0. The van der Waals surface area contributed by atoms with Crippen molar-refractivity contribution in [3.05, 3.63) is 29.8 Å². The lowest BCUT2D eigenvalue weighted by molar-refractivity contribution is -0.137. The van der Waals surface area contributed by atoms with Gasteiger partial charge in [-0.25, -0.2) is 13.1 Å². The molecule has 0 spiro atoms. The summed E-state index contributed by atoms with van der Waals surface area (Å²) in [6.45, 7) is 1.48. The van der Waals surface area contributed by atoms with Gasteiger partial charge in [0.2, 0.25) is 10.0 Å². The molecule has 1 aromatic carbocycles. The maximum Gasteiger partial charge on any atom is 0.303 e. The Morgan fingerprint density at radius 3 is 2.85 bits per heavy atom. The molecule has 1 unspecified atom stereocenters. The van der Waals surface area contributed by atoms with Crippen LogP contribution in [-0.2, 0) is 19.6 Å². The van der Waals surface area contributed by atoms with Gasteiger partial charge in [-0.3, -0.25) is 9.59 Å². The predicted octanol–water partition coefficient (Wildman–Crippen LogP) is 1.33. The molecule has 1 aliphatic heterocycles. The van der Waals surface area contributed by atoms with E-state index < -0.39 is 16.0 Å². The van der Waals surface area contributed by atoms with Gasteiger partial charge in [0, 0.05) is 38.7 Å². The molecule has 0 radical (unpaired) electrons. The summed E-state index contributed by atoms with van der Waals surface area (Å²) < 4.78 is 31.9. The van der Waals surface area contributed by atoms with Crippen molar-refractivity contribution in [3.8, 4) is 0 Å². The lowest BCUT2D eigenvalue weighted by atomic mass is 9.93. The SMILES string of the molecule is COCCNS(=O)(=O)c1cccc(C(=O)N2CCCC(CCC(=O)O)C2)c1. The summed E-state index contributed by atoms with van der Waals surface area (Å²) in [6, 6.07) is 5.96. The number of amides is 1. The second-order valence-electron chi connectivity index (χ2n) is 6.61. The molecular weight excluding hydrogens is 372 g/mol. The topological polar surface area (TPSA) is 113 Å². The van der Waals surface area contributed by atoms with Crippen LogP contribution in [0.15, 0.2) is 29.2 Å². The third-order valence-corrected chi connectivity index (χ3v) is 6.02. The molecular formula is C18H26N2O6S. The fourth-order valence-electron chi connectivity index (χ4n) is 3.15. The highest BCUT2D eigenvalue weighted by molar-refractivity contribution is 7.89. The lowest BCUT2D eigenvalue weighted by Crippen LogP contribution is -2.40. The largest absolute Gasteiger partial charge is 0.481 e. The Kier molecular flexibility index (Phi) is 7.76. The average molecular weight is 398 g/mol. The van der Waals surface area contributed by atoms with E-state index in [1.54, 1.807) is 17.0 Å². The van der Waals surface area contributed by atoms with Gasteiger partial charge < -0.3 is 14.7 Å². The van der Waals surface area contributed by atoms with Crippen LogP contribution in [0.1, 0.15) is 36.0 Å². The number of likely N-dealkylation sites (tertiary alicyclic amines) is 1. The molecule has 0 bridgehead atoms. The van der Waals surface area contributed by atoms with E-state index in [9.17, 15) is 18.0 Å². The van der Waals surface area contributed by atoms with Crippen LogP contribution in [0.25, 0.3) is 0 Å². The molecule has 1 heterocycles. The van der Waals surface area contributed by atoms with Gasteiger partial charge >= 0.3 is 5.97 Å². The number of methoxy groups -OCH3 is 1. The first kappa shape index (κ1) is 21.3. The van der Waals surface area contributed by atoms with Gasteiger partial charge in [-0.05, 0) is 43.4 Å². The molecule has 1 fully saturated rings. The van der Waals surface area contributed by atoms with Crippen LogP contribution in [0.2, 0.25) is 0 Å². The normalized spacial score (nSPS) is 17.7. The minimum atomic E-state index is -3.71. The zero-order valence-electron chi connectivity index (χ0n) is 15.4. The van der Waals surface area contributed by atoms with Crippen molar-refractivity contribution in [2.75, 3.05) is 33.4 Å². The Balaban J connectivity index is 2.07. The summed E-state index contributed by atoms with van der Waals surface area (Å²) in [4.78, 5) is 25.3. The average Bonchev–Trinajstić information content (AvgIpc) is 2.66. The number of nitrogens with zero attached hydrogens (tertiary/aromatic N) is 1. The number of aliphatic carboxylic acids is 1. The van der Waals surface area contributed by atoms with E-state index in [-0.39, 0.29) is 36.3 Å².